The highest BCUT2D eigenvalue weighted by Crippen LogP contribution is 2.31. The van der Waals surface area contributed by atoms with E-state index in [9.17, 15) is 14.7 Å². The van der Waals surface area contributed by atoms with Crippen molar-refractivity contribution >= 4 is 22.8 Å². The van der Waals surface area contributed by atoms with E-state index in [1.54, 1.807) is 0 Å². The summed E-state index contributed by atoms with van der Waals surface area (Å²) in [7, 11) is 0. The van der Waals surface area contributed by atoms with E-state index in [2.05, 4.69) is 4.98 Å². The molecular formula is C18H23N3O3. The number of hydrogen-bond donors (Lipinski definition) is 3. The van der Waals surface area contributed by atoms with Crippen LogP contribution in [0, 0.1) is 5.92 Å². The van der Waals surface area contributed by atoms with Crippen LogP contribution in [0.3, 0.4) is 0 Å². The number of nitrogens with two attached hydrogens (primary N) is 1. The molecule has 1 aliphatic heterocycles. The van der Waals surface area contributed by atoms with Crippen molar-refractivity contribution in [3.05, 3.63) is 35.5 Å². The standard InChI is InChI=1S/C18H23N3O3/c1-3-10(2)16(19)17(22)21-9-14-12(8-15(21)18(23)24)11-6-4-5-7-13(11)20-14/h4-7,10,15-16,20H,3,8-9,19H2,1-2H3,(H,23,24)/t10-,15-,16-/m0/s1. The fourth-order valence-corrected chi connectivity index (χ4v) is 3.35. The molecule has 1 aromatic heterocycles. The lowest BCUT2D eigenvalue weighted by atomic mass is 9.93. The number of rotatable bonds is 4. The number of carbonyl (C=O) groups excluding carboxylic acids is 1. The van der Waals surface area contributed by atoms with Crippen LogP contribution in [0.4, 0.5) is 0 Å². The molecule has 0 saturated carbocycles. The minimum atomic E-state index is -0.990. The lowest BCUT2D eigenvalue weighted by Gasteiger charge is -2.35. The van der Waals surface area contributed by atoms with Gasteiger partial charge in [0.2, 0.25) is 5.91 Å². The fraction of sp³-hybridized carbons (Fsp3) is 0.444. The molecule has 1 aliphatic rings. The lowest BCUT2D eigenvalue weighted by molar-refractivity contribution is -0.152. The fourth-order valence-electron chi connectivity index (χ4n) is 3.35. The summed E-state index contributed by atoms with van der Waals surface area (Å²) in [5.74, 6) is -1.27. The maximum Gasteiger partial charge on any atom is 0.326 e. The van der Waals surface area contributed by atoms with Gasteiger partial charge in [-0.1, -0.05) is 38.5 Å². The molecule has 128 valence electrons. The molecule has 3 atom stereocenters. The number of para-hydroxylation sites is 1. The Labute approximate surface area is 140 Å². The topological polar surface area (TPSA) is 99.4 Å². The molecule has 24 heavy (non-hydrogen) atoms. The number of fused-ring (bicyclic) bond motifs is 3. The average Bonchev–Trinajstić information content (AvgIpc) is 2.96. The molecule has 0 unspecified atom stereocenters. The maximum absolute atomic E-state index is 12.8. The van der Waals surface area contributed by atoms with Crippen molar-refractivity contribution in [2.45, 2.75) is 45.3 Å². The molecular weight excluding hydrogens is 306 g/mol. The molecule has 0 spiro atoms. The predicted molar refractivity (Wildman–Crippen MR) is 91.4 cm³/mol. The highest BCUT2D eigenvalue weighted by molar-refractivity contribution is 5.90. The number of nitrogens with zero attached hydrogens (tertiary/aromatic N) is 1. The normalized spacial score (nSPS) is 19.8. The molecule has 2 aromatic rings. The van der Waals surface area contributed by atoms with E-state index in [0.29, 0.717) is 6.42 Å². The molecule has 0 radical (unpaired) electrons. The van der Waals surface area contributed by atoms with Gasteiger partial charge in [0.15, 0.2) is 0 Å². The Kier molecular flexibility index (Phi) is 4.32. The van der Waals surface area contributed by atoms with E-state index in [1.165, 1.54) is 4.90 Å². The molecule has 0 fully saturated rings. The Morgan fingerprint density at radius 2 is 2.12 bits per heavy atom. The van der Waals surface area contributed by atoms with Crippen molar-refractivity contribution in [2.75, 3.05) is 0 Å². The number of amides is 1. The first-order chi connectivity index (χ1) is 11.4. The second-order valence-corrected chi connectivity index (χ2v) is 6.56. The summed E-state index contributed by atoms with van der Waals surface area (Å²) in [5, 5.41) is 10.7. The molecule has 6 nitrogen and oxygen atoms in total. The summed E-state index contributed by atoms with van der Waals surface area (Å²) in [6.45, 7) is 4.14. The van der Waals surface area contributed by atoms with Crippen molar-refractivity contribution in [1.29, 1.82) is 0 Å². The first-order valence-corrected chi connectivity index (χ1v) is 8.31. The van der Waals surface area contributed by atoms with E-state index in [4.69, 9.17) is 5.73 Å². The summed E-state index contributed by atoms with van der Waals surface area (Å²) in [6, 6.07) is 6.25. The third kappa shape index (κ3) is 2.67. The van der Waals surface area contributed by atoms with Gasteiger partial charge in [0, 0.05) is 23.0 Å². The number of benzene rings is 1. The molecule has 1 aromatic carbocycles. The lowest BCUT2D eigenvalue weighted by Crippen LogP contribution is -2.55. The number of carbonyl (C=O) groups is 2. The van der Waals surface area contributed by atoms with E-state index in [-0.39, 0.29) is 18.4 Å². The Balaban J connectivity index is 1.98. The van der Waals surface area contributed by atoms with Crippen LogP contribution < -0.4 is 5.73 Å². The smallest absolute Gasteiger partial charge is 0.326 e. The van der Waals surface area contributed by atoms with Crippen molar-refractivity contribution in [2.24, 2.45) is 11.7 Å². The minimum Gasteiger partial charge on any atom is -0.480 e. The maximum atomic E-state index is 12.8. The average molecular weight is 329 g/mol. The van der Waals surface area contributed by atoms with Crippen molar-refractivity contribution < 1.29 is 14.7 Å². The highest BCUT2D eigenvalue weighted by Gasteiger charge is 2.38. The zero-order chi connectivity index (χ0) is 17.4. The molecule has 6 heteroatoms. The minimum absolute atomic E-state index is 0.0102. The monoisotopic (exact) mass is 329 g/mol. The zero-order valence-electron chi connectivity index (χ0n) is 14.0. The van der Waals surface area contributed by atoms with Gasteiger partial charge in [-0.3, -0.25) is 4.79 Å². The van der Waals surface area contributed by atoms with Gasteiger partial charge in [0.05, 0.1) is 12.6 Å². The van der Waals surface area contributed by atoms with Gasteiger partial charge < -0.3 is 20.7 Å². The van der Waals surface area contributed by atoms with E-state index in [1.807, 2.05) is 38.1 Å². The van der Waals surface area contributed by atoms with Crippen LogP contribution in [0.5, 0.6) is 0 Å². The van der Waals surface area contributed by atoms with Crippen LogP contribution in [-0.2, 0) is 22.6 Å². The van der Waals surface area contributed by atoms with Crippen molar-refractivity contribution in [3.8, 4) is 0 Å². The van der Waals surface area contributed by atoms with Gasteiger partial charge >= 0.3 is 5.97 Å². The van der Waals surface area contributed by atoms with Crippen LogP contribution in [0.25, 0.3) is 10.9 Å². The van der Waals surface area contributed by atoms with Crippen molar-refractivity contribution in [3.63, 3.8) is 0 Å². The zero-order valence-corrected chi connectivity index (χ0v) is 14.0. The second-order valence-electron chi connectivity index (χ2n) is 6.56. The van der Waals surface area contributed by atoms with Crippen LogP contribution in [0.1, 0.15) is 31.5 Å². The first-order valence-electron chi connectivity index (χ1n) is 8.31. The summed E-state index contributed by atoms with van der Waals surface area (Å²) < 4.78 is 0. The predicted octanol–water partition coefficient (Wildman–Crippen LogP) is 1.88. The number of carboxylic acids is 1. The van der Waals surface area contributed by atoms with E-state index in [0.717, 1.165) is 28.6 Å². The Bertz CT molecular complexity index is 783. The SMILES string of the molecule is CC[C@H](C)[C@H](N)C(=O)N1Cc2[nH]c3ccccc3c2C[C@H]1C(=O)O. The molecule has 3 rings (SSSR count). The Morgan fingerprint density at radius 1 is 1.42 bits per heavy atom. The number of aliphatic carboxylic acids is 1. The van der Waals surface area contributed by atoms with Gasteiger partial charge in [-0.05, 0) is 17.5 Å². The van der Waals surface area contributed by atoms with Crippen LogP contribution >= 0.6 is 0 Å². The summed E-state index contributed by atoms with van der Waals surface area (Å²) in [6.07, 6.45) is 1.07. The summed E-state index contributed by atoms with van der Waals surface area (Å²) >= 11 is 0. The van der Waals surface area contributed by atoms with Crippen LogP contribution in [0.15, 0.2) is 24.3 Å². The Morgan fingerprint density at radius 3 is 2.79 bits per heavy atom. The number of nitrogens with one attached hydrogen (secondary N) is 1. The second kappa shape index (κ2) is 6.28. The quantitative estimate of drug-likeness (QED) is 0.797. The number of aromatic amines is 1. The third-order valence-electron chi connectivity index (χ3n) is 5.11. The highest BCUT2D eigenvalue weighted by atomic mass is 16.4. The van der Waals surface area contributed by atoms with E-state index < -0.39 is 18.1 Å². The van der Waals surface area contributed by atoms with Gasteiger partial charge in [-0.25, -0.2) is 4.79 Å². The molecule has 1 amide bonds. The molecule has 4 N–H and O–H groups in total. The largest absolute Gasteiger partial charge is 0.480 e. The van der Waals surface area contributed by atoms with Crippen LogP contribution in [0.2, 0.25) is 0 Å². The molecule has 2 heterocycles. The number of carboxylic acid groups (broad SMARTS) is 1. The number of hydrogen-bond acceptors (Lipinski definition) is 3. The van der Waals surface area contributed by atoms with Crippen LogP contribution in [-0.4, -0.2) is 39.0 Å². The Hall–Kier alpha value is -2.34. The van der Waals surface area contributed by atoms with Crippen molar-refractivity contribution in [1.82, 2.24) is 9.88 Å². The van der Waals surface area contributed by atoms with Gasteiger partial charge in [0.1, 0.15) is 6.04 Å². The first kappa shape index (κ1) is 16.5. The third-order valence-corrected chi connectivity index (χ3v) is 5.11. The summed E-state index contributed by atoms with van der Waals surface area (Å²) in [4.78, 5) is 29.2. The van der Waals surface area contributed by atoms with Gasteiger partial charge in [-0.2, -0.15) is 0 Å². The van der Waals surface area contributed by atoms with Gasteiger partial charge in [0.25, 0.3) is 0 Å². The molecule has 0 bridgehead atoms. The van der Waals surface area contributed by atoms with E-state index >= 15 is 0 Å². The molecule has 0 saturated heterocycles. The number of H-pyrrole nitrogens is 1. The summed E-state index contributed by atoms with van der Waals surface area (Å²) in [5.41, 5.74) is 8.92. The molecule has 0 aliphatic carbocycles. The van der Waals surface area contributed by atoms with Gasteiger partial charge in [-0.15, -0.1) is 0 Å². The number of aromatic nitrogens is 1.